The van der Waals surface area contributed by atoms with Crippen molar-refractivity contribution in [2.45, 2.75) is 57.5 Å². The quantitative estimate of drug-likeness (QED) is 0.747. The van der Waals surface area contributed by atoms with Crippen LogP contribution in [0, 0.1) is 0 Å². The molecule has 0 radical (unpaired) electrons. The molecule has 1 saturated carbocycles. The maximum atomic E-state index is 12.1. The number of hydrogen-bond donors (Lipinski definition) is 3. The lowest BCUT2D eigenvalue weighted by molar-refractivity contribution is -0.123. The zero-order valence-electron chi connectivity index (χ0n) is 14.8. The van der Waals surface area contributed by atoms with Gasteiger partial charge in [-0.25, -0.2) is 0 Å². The summed E-state index contributed by atoms with van der Waals surface area (Å²) in [6, 6.07) is 7.53. The average Bonchev–Trinajstić information content (AvgIpc) is 2.50. The van der Waals surface area contributed by atoms with E-state index in [1.165, 1.54) is 5.56 Å². The minimum Gasteiger partial charge on any atom is -0.388 e. The van der Waals surface area contributed by atoms with Crippen LogP contribution in [0.1, 0.15) is 62.4 Å². The molecular weight excluding hydrogens is 304 g/mol. The predicted molar refractivity (Wildman–Crippen MR) is 93.9 cm³/mol. The van der Waals surface area contributed by atoms with Gasteiger partial charge in [0.25, 0.3) is 5.91 Å². The van der Waals surface area contributed by atoms with E-state index in [0.29, 0.717) is 12.1 Å². The third kappa shape index (κ3) is 5.06. The van der Waals surface area contributed by atoms with E-state index in [4.69, 9.17) is 0 Å². The van der Waals surface area contributed by atoms with Crippen LogP contribution in [0.4, 0.5) is 0 Å². The Bertz CT molecular complexity index is 584. The van der Waals surface area contributed by atoms with Gasteiger partial charge in [0.05, 0.1) is 5.60 Å². The van der Waals surface area contributed by atoms with Crippen LogP contribution in [0.15, 0.2) is 24.3 Å². The first-order valence-electron chi connectivity index (χ1n) is 8.57. The van der Waals surface area contributed by atoms with Gasteiger partial charge in [-0.15, -0.1) is 0 Å². The number of aliphatic hydroxyl groups is 1. The van der Waals surface area contributed by atoms with E-state index in [9.17, 15) is 14.7 Å². The summed E-state index contributed by atoms with van der Waals surface area (Å²) in [5, 5.41) is 15.4. The van der Waals surface area contributed by atoms with Gasteiger partial charge in [-0.1, -0.05) is 32.9 Å². The highest BCUT2D eigenvalue weighted by molar-refractivity contribution is 5.94. The minimum atomic E-state index is -0.715. The highest BCUT2D eigenvalue weighted by Crippen LogP contribution is 2.30. The van der Waals surface area contributed by atoms with E-state index < -0.39 is 5.60 Å². The van der Waals surface area contributed by atoms with Gasteiger partial charge >= 0.3 is 0 Å². The maximum Gasteiger partial charge on any atom is 0.251 e. The number of nitrogens with one attached hydrogen (secondary N) is 2. The summed E-state index contributed by atoms with van der Waals surface area (Å²) in [5.74, 6) is -0.334. The summed E-state index contributed by atoms with van der Waals surface area (Å²) < 4.78 is 0. The molecule has 1 aliphatic carbocycles. The van der Waals surface area contributed by atoms with E-state index >= 15 is 0 Å². The monoisotopic (exact) mass is 332 g/mol. The van der Waals surface area contributed by atoms with Crippen molar-refractivity contribution in [1.29, 1.82) is 0 Å². The molecule has 1 fully saturated rings. The Hall–Kier alpha value is -1.88. The van der Waals surface area contributed by atoms with E-state index in [1.54, 1.807) is 0 Å². The van der Waals surface area contributed by atoms with Crippen LogP contribution in [0.3, 0.4) is 0 Å². The predicted octanol–water partition coefficient (Wildman–Crippen LogP) is 2.14. The van der Waals surface area contributed by atoms with Crippen LogP contribution in [0.5, 0.6) is 0 Å². The average molecular weight is 332 g/mol. The summed E-state index contributed by atoms with van der Waals surface area (Å²) in [6.07, 6.45) is 2.71. The van der Waals surface area contributed by atoms with Gasteiger partial charge < -0.3 is 15.7 Å². The Labute approximate surface area is 143 Å². The molecule has 3 N–H and O–H groups in total. The molecule has 2 rings (SSSR count). The molecule has 0 aliphatic heterocycles. The summed E-state index contributed by atoms with van der Waals surface area (Å²) in [6.45, 7) is 6.96. The number of carbonyl (C=O) groups excluding carboxylic acids is 2. The summed E-state index contributed by atoms with van der Waals surface area (Å²) in [5.41, 5.74) is 1.10. The van der Waals surface area contributed by atoms with E-state index in [-0.39, 0.29) is 30.2 Å². The molecule has 132 valence electrons. The molecule has 1 aromatic rings. The number of rotatable bonds is 6. The first-order chi connectivity index (χ1) is 11.2. The number of benzene rings is 1. The van der Waals surface area contributed by atoms with E-state index in [2.05, 4.69) is 31.4 Å². The molecule has 0 spiro atoms. The highest BCUT2D eigenvalue weighted by atomic mass is 16.3. The highest BCUT2D eigenvalue weighted by Gasteiger charge is 2.34. The second kappa shape index (κ2) is 7.34. The van der Waals surface area contributed by atoms with Gasteiger partial charge in [0.15, 0.2) is 0 Å². The van der Waals surface area contributed by atoms with Crippen molar-refractivity contribution in [2.24, 2.45) is 0 Å². The Morgan fingerprint density at radius 2 is 1.75 bits per heavy atom. The minimum absolute atomic E-state index is 0.0532. The standard InChI is InChI=1S/C19H28N2O3/c1-18(2,3)15-7-5-14(6-8-15)17(23)20-12-9-16(22)21-13-19(24)10-4-11-19/h5-8,24H,4,9-13H2,1-3H3,(H,20,23)(H,21,22). The van der Waals surface area contributed by atoms with E-state index in [1.807, 2.05) is 24.3 Å². The second-order valence-corrected chi connectivity index (χ2v) is 7.69. The Balaban J connectivity index is 1.71. The molecule has 0 aromatic heterocycles. The molecule has 0 saturated heterocycles. The molecule has 5 nitrogen and oxygen atoms in total. The molecule has 0 unspecified atom stereocenters. The van der Waals surface area contributed by atoms with Crippen molar-refractivity contribution in [2.75, 3.05) is 13.1 Å². The number of amides is 2. The van der Waals surface area contributed by atoms with Crippen molar-refractivity contribution in [1.82, 2.24) is 10.6 Å². The van der Waals surface area contributed by atoms with Crippen LogP contribution in [-0.2, 0) is 10.2 Å². The summed E-state index contributed by atoms with van der Waals surface area (Å²) >= 11 is 0. The van der Waals surface area contributed by atoms with Gasteiger partial charge in [-0.05, 0) is 42.4 Å². The topological polar surface area (TPSA) is 78.4 Å². The van der Waals surface area contributed by atoms with Gasteiger partial charge in [-0.2, -0.15) is 0 Å². The van der Waals surface area contributed by atoms with E-state index in [0.717, 1.165) is 19.3 Å². The molecule has 24 heavy (non-hydrogen) atoms. The second-order valence-electron chi connectivity index (χ2n) is 7.69. The van der Waals surface area contributed by atoms with Crippen molar-refractivity contribution in [3.63, 3.8) is 0 Å². The van der Waals surface area contributed by atoms with Crippen molar-refractivity contribution < 1.29 is 14.7 Å². The van der Waals surface area contributed by atoms with Gasteiger partial charge in [0.2, 0.25) is 5.91 Å². The van der Waals surface area contributed by atoms with Gasteiger partial charge in [0.1, 0.15) is 0 Å². The Morgan fingerprint density at radius 3 is 2.25 bits per heavy atom. The molecule has 1 aliphatic rings. The fourth-order valence-corrected chi connectivity index (χ4v) is 2.63. The summed E-state index contributed by atoms with van der Waals surface area (Å²) in [7, 11) is 0. The zero-order valence-corrected chi connectivity index (χ0v) is 14.8. The number of hydrogen-bond acceptors (Lipinski definition) is 3. The molecule has 1 aromatic carbocycles. The lowest BCUT2D eigenvalue weighted by atomic mass is 9.80. The first-order valence-corrected chi connectivity index (χ1v) is 8.57. The third-order valence-corrected chi connectivity index (χ3v) is 4.55. The Kier molecular flexibility index (Phi) is 5.65. The van der Waals surface area contributed by atoms with Crippen molar-refractivity contribution in [3.8, 4) is 0 Å². The molecule has 5 heteroatoms. The van der Waals surface area contributed by atoms with Crippen LogP contribution >= 0.6 is 0 Å². The molecule has 0 atom stereocenters. The first kappa shape index (κ1) is 18.5. The SMILES string of the molecule is CC(C)(C)c1ccc(C(=O)NCCC(=O)NCC2(O)CCC2)cc1. The molecule has 2 amide bonds. The fourth-order valence-electron chi connectivity index (χ4n) is 2.63. The van der Waals surface area contributed by atoms with Crippen LogP contribution in [-0.4, -0.2) is 35.6 Å². The van der Waals surface area contributed by atoms with Crippen molar-refractivity contribution >= 4 is 11.8 Å². The lowest BCUT2D eigenvalue weighted by Crippen LogP contribution is -2.48. The zero-order chi connectivity index (χ0) is 17.8. The smallest absolute Gasteiger partial charge is 0.251 e. The normalized spacial score (nSPS) is 16.2. The molecule has 0 bridgehead atoms. The largest absolute Gasteiger partial charge is 0.388 e. The van der Waals surface area contributed by atoms with Gasteiger partial charge in [0, 0.05) is 25.1 Å². The Morgan fingerprint density at radius 1 is 1.12 bits per heavy atom. The van der Waals surface area contributed by atoms with Crippen LogP contribution in [0.25, 0.3) is 0 Å². The van der Waals surface area contributed by atoms with Crippen molar-refractivity contribution in [3.05, 3.63) is 35.4 Å². The fraction of sp³-hybridized carbons (Fsp3) is 0.579. The van der Waals surface area contributed by atoms with Crippen LogP contribution in [0.2, 0.25) is 0 Å². The van der Waals surface area contributed by atoms with Gasteiger partial charge in [-0.3, -0.25) is 9.59 Å². The molecular formula is C19H28N2O3. The molecule has 0 heterocycles. The maximum absolute atomic E-state index is 12.1. The summed E-state index contributed by atoms with van der Waals surface area (Å²) in [4.78, 5) is 23.8. The van der Waals surface area contributed by atoms with Crippen LogP contribution < -0.4 is 10.6 Å². The lowest BCUT2D eigenvalue weighted by Gasteiger charge is -2.36. The third-order valence-electron chi connectivity index (χ3n) is 4.55. The number of carbonyl (C=O) groups is 2.